The molecular formula is C19H23N3O3S. The maximum atomic E-state index is 13.0. The number of rotatable bonds is 2. The minimum atomic E-state index is -0.710. The summed E-state index contributed by atoms with van der Waals surface area (Å²) in [4.78, 5) is 13.0. The number of nitrogens with one attached hydrogen (secondary N) is 1. The lowest BCUT2D eigenvalue weighted by atomic mass is 10.1. The number of carbonyl (C=O) groups excluding carboxylic acids is 1. The first-order valence-corrected chi connectivity index (χ1v) is 9.92. The van der Waals surface area contributed by atoms with Crippen molar-refractivity contribution in [3.63, 3.8) is 0 Å². The van der Waals surface area contributed by atoms with Crippen molar-refractivity contribution >= 4 is 23.5 Å². The minimum Gasteiger partial charge on any atom is -0.482 e. The van der Waals surface area contributed by atoms with Gasteiger partial charge in [-0.05, 0) is 39.8 Å². The number of hydrogen-bond acceptors (Lipinski definition) is 5. The van der Waals surface area contributed by atoms with Gasteiger partial charge in [0.25, 0.3) is 5.91 Å². The van der Waals surface area contributed by atoms with Gasteiger partial charge in [-0.25, -0.2) is 4.68 Å². The third-order valence-corrected chi connectivity index (χ3v) is 5.50. The fourth-order valence-electron chi connectivity index (χ4n) is 3.22. The number of anilines is 1. The molecule has 1 aromatic heterocycles. The van der Waals surface area contributed by atoms with Crippen LogP contribution in [-0.2, 0) is 21.8 Å². The van der Waals surface area contributed by atoms with Gasteiger partial charge in [-0.3, -0.25) is 4.79 Å². The molecule has 3 heterocycles. The second-order valence-electron chi connectivity index (χ2n) is 7.65. The number of ether oxygens (including phenoxy) is 2. The van der Waals surface area contributed by atoms with E-state index in [1.165, 1.54) is 0 Å². The van der Waals surface area contributed by atoms with Gasteiger partial charge in [-0.1, -0.05) is 12.1 Å². The minimum absolute atomic E-state index is 0.211. The molecule has 0 spiro atoms. The Morgan fingerprint density at radius 2 is 1.92 bits per heavy atom. The lowest BCUT2D eigenvalue weighted by Gasteiger charge is -2.31. The summed E-state index contributed by atoms with van der Waals surface area (Å²) >= 11 is 1.81. The van der Waals surface area contributed by atoms with Crippen LogP contribution in [0.5, 0.6) is 11.5 Å². The average Bonchev–Trinajstić information content (AvgIpc) is 3.16. The molecule has 4 rings (SSSR count). The highest BCUT2D eigenvalue weighted by molar-refractivity contribution is 7.98. The summed E-state index contributed by atoms with van der Waals surface area (Å²) in [6.07, 6.45) is -1.09. The number of benzene rings is 1. The Hall–Kier alpha value is -2.15. The molecule has 0 fully saturated rings. The van der Waals surface area contributed by atoms with Crippen molar-refractivity contribution in [3.05, 3.63) is 35.5 Å². The molecule has 6 nitrogen and oxygen atoms in total. The van der Waals surface area contributed by atoms with Crippen molar-refractivity contribution in [2.75, 3.05) is 5.32 Å². The number of aromatic nitrogens is 2. The molecule has 2 unspecified atom stereocenters. The zero-order valence-corrected chi connectivity index (χ0v) is 16.2. The normalized spacial score (nSPS) is 21.4. The van der Waals surface area contributed by atoms with E-state index in [9.17, 15) is 4.79 Å². The summed E-state index contributed by atoms with van der Waals surface area (Å²) in [6.45, 7) is 8.09. The summed E-state index contributed by atoms with van der Waals surface area (Å²) in [7, 11) is 0. The van der Waals surface area contributed by atoms with Gasteiger partial charge in [0.2, 0.25) is 6.10 Å². The van der Waals surface area contributed by atoms with Crippen molar-refractivity contribution in [3.8, 4) is 11.5 Å². The van der Waals surface area contributed by atoms with Crippen LogP contribution < -0.4 is 14.8 Å². The first-order valence-electron chi connectivity index (χ1n) is 8.77. The van der Waals surface area contributed by atoms with Gasteiger partial charge in [0.05, 0.1) is 11.2 Å². The molecule has 0 radical (unpaired) electrons. The topological polar surface area (TPSA) is 65.4 Å². The Morgan fingerprint density at radius 1 is 1.23 bits per heavy atom. The van der Waals surface area contributed by atoms with E-state index in [0.29, 0.717) is 11.5 Å². The van der Waals surface area contributed by atoms with Gasteiger partial charge < -0.3 is 14.8 Å². The number of thioether (sulfide) groups is 1. The van der Waals surface area contributed by atoms with Crippen molar-refractivity contribution in [1.82, 2.24) is 9.78 Å². The number of fused-ring (bicyclic) bond motifs is 2. The van der Waals surface area contributed by atoms with E-state index in [4.69, 9.17) is 14.6 Å². The second kappa shape index (κ2) is 6.23. The van der Waals surface area contributed by atoms with Crippen molar-refractivity contribution in [2.45, 2.75) is 56.9 Å². The van der Waals surface area contributed by atoms with Crippen LogP contribution in [0.25, 0.3) is 0 Å². The largest absolute Gasteiger partial charge is 0.482 e. The molecule has 26 heavy (non-hydrogen) atoms. The fraction of sp³-hybridized carbons (Fsp3) is 0.474. The summed E-state index contributed by atoms with van der Waals surface area (Å²) < 4.78 is 13.7. The Labute approximate surface area is 157 Å². The molecule has 1 aromatic carbocycles. The Morgan fingerprint density at radius 3 is 2.62 bits per heavy atom. The first-order chi connectivity index (χ1) is 12.3. The van der Waals surface area contributed by atoms with Gasteiger partial charge in [-0.2, -0.15) is 16.9 Å². The molecule has 0 saturated heterocycles. The predicted molar refractivity (Wildman–Crippen MR) is 102 cm³/mol. The van der Waals surface area contributed by atoms with E-state index in [0.717, 1.165) is 28.6 Å². The molecule has 7 heteroatoms. The van der Waals surface area contributed by atoms with Crippen LogP contribution in [0, 0.1) is 0 Å². The third-order valence-electron chi connectivity index (χ3n) is 4.53. The van der Waals surface area contributed by atoms with Crippen molar-refractivity contribution in [2.24, 2.45) is 0 Å². The van der Waals surface area contributed by atoms with Gasteiger partial charge >= 0.3 is 0 Å². The van der Waals surface area contributed by atoms with E-state index in [1.54, 1.807) is 0 Å². The second-order valence-corrected chi connectivity index (χ2v) is 8.63. The van der Waals surface area contributed by atoms with Gasteiger partial charge in [0.15, 0.2) is 11.5 Å². The quantitative estimate of drug-likeness (QED) is 0.872. The highest BCUT2D eigenvalue weighted by Crippen LogP contribution is 2.38. The summed E-state index contributed by atoms with van der Waals surface area (Å²) in [5, 5.41) is 7.80. The monoisotopic (exact) mass is 373 g/mol. The lowest BCUT2D eigenvalue weighted by molar-refractivity contribution is -0.128. The Balaban J connectivity index is 1.61. The summed E-state index contributed by atoms with van der Waals surface area (Å²) in [5.74, 6) is 3.57. The Bertz CT molecular complexity index is 856. The fourth-order valence-corrected chi connectivity index (χ4v) is 4.26. The van der Waals surface area contributed by atoms with Crippen LogP contribution in [0.1, 0.15) is 39.0 Å². The predicted octanol–water partition coefficient (Wildman–Crippen LogP) is 3.55. The molecule has 2 aliphatic rings. The van der Waals surface area contributed by atoms with E-state index < -0.39 is 6.10 Å². The standard InChI is InChI=1S/C19H23N3O3S/c1-11-16(25-15-8-6-5-7-14(15)24-11)18(23)20-17-12-9-26-10-13(12)21-22(17)19(2,3)4/h5-8,11,16H,9-10H2,1-4H3,(H,20,23). The molecule has 0 aliphatic carbocycles. The summed E-state index contributed by atoms with van der Waals surface area (Å²) in [6, 6.07) is 7.41. The van der Waals surface area contributed by atoms with E-state index in [-0.39, 0.29) is 17.6 Å². The zero-order chi connectivity index (χ0) is 18.5. The maximum absolute atomic E-state index is 13.0. The van der Waals surface area contributed by atoms with Gasteiger partial charge in [0, 0.05) is 17.1 Å². The molecular weight excluding hydrogens is 350 g/mol. The number of carbonyl (C=O) groups is 1. The number of amides is 1. The smallest absolute Gasteiger partial charge is 0.270 e. The van der Waals surface area contributed by atoms with Crippen LogP contribution in [0.4, 0.5) is 5.82 Å². The van der Waals surface area contributed by atoms with E-state index in [2.05, 4.69) is 26.1 Å². The number of nitrogens with zero attached hydrogens (tertiary/aromatic N) is 2. The number of para-hydroxylation sites is 2. The van der Waals surface area contributed by atoms with E-state index in [1.807, 2.05) is 47.6 Å². The Kier molecular flexibility index (Phi) is 4.14. The van der Waals surface area contributed by atoms with Crippen LogP contribution in [-0.4, -0.2) is 27.9 Å². The third kappa shape index (κ3) is 2.94. The lowest BCUT2D eigenvalue weighted by Crippen LogP contribution is -2.46. The average molecular weight is 373 g/mol. The van der Waals surface area contributed by atoms with Gasteiger partial charge in [0.1, 0.15) is 11.9 Å². The van der Waals surface area contributed by atoms with Crippen LogP contribution in [0.2, 0.25) is 0 Å². The molecule has 1 amide bonds. The van der Waals surface area contributed by atoms with Crippen LogP contribution >= 0.6 is 11.8 Å². The van der Waals surface area contributed by atoms with Gasteiger partial charge in [-0.15, -0.1) is 0 Å². The van der Waals surface area contributed by atoms with Crippen LogP contribution in [0.3, 0.4) is 0 Å². The molecule has 138 valence electrons. The maximum Gasteiger partial charge on any atom is 0.270 e. The molecule has 0 saturated carbocycles. The molecule has 0 bridgehead atoms. The van der Waals surface area contributed by atoms with Crippen molar-refractivity contribution in [1.29, 1.82) is 0 Å². The highest BCUT2D eigenvalue weighted by atomic mass is 32.2. The summed E-state index contributed by atoms with van der Waals surface area (Å²) in [5.41, 5.74) is 1.95. The first kappa shape index (κ1) is 17.3. The van der Waals surface area contributed by atoms with E-state index >= 15 is 0 Å². The molecule has 2 aliphatic heterocycles. The highest BCUT2D eigenvalue weighted by Gasteiger charge is 2.36. The molecule has 2 aromatic rings. The SMILES string of the molecule is CC1Oc2ccccc2OC1C(=O)Nc1c2c(nn1C(C)(C)C)CSC2. The zero-order valence-electron chi connectivity index (χ0n) is 15.4. The molecule has 2 atom stereocenters. The number of hydrogen-bond donors (Lipinski definition) is 1. The van der Waals surface area contributed by atoms with Crippen molar-refractivity contribution < 1.29 is 14.3 Å². The van der Waals surface area contributed by atoms with Crippen LogP contribution in [0.15, 0.2) is 24.3 Å². The molecule has 1 N–H and O–H groups in total.